The third-order valence-electron chi connectivity index (χ3n) is 3.70. The van der Waals surface area contributed by atoms with E-state index in [-0.39, 0.29) is 24.8 Å². The number of nitrogens with one attached hydrogen (secondary N) is 1. The lowest BCUT2D eigenvalue weighted by Gasteiger charge is -2.08. The number of hydrogen-bond acceptors (Lipinski definition) is 3. The first-order valence-corrected chi connectivity index (χ1v) is 7.99. The predicted octanol–water partition coefficient (Wildman–Crippen LogP) is 3.99. The molecule has 0 aliphatic heterocycles. The number of aliphatic hydroxyl groups excluding tert-OH is 1. The van der Waals surface area contributed by atoms with Crippen LogP contribution in [-0.4, -0.2) is 24.2 Å². The molecule has 0 aromatic heterocycles. The van der Waals surface area contributed by atoms with Crippen molar-refractivity contribution in [3.63, 3.8) is 0 Å². The Morgan fingerprint density at radius 3 is 1.96 bits per heavy atom. The van der Waals surface area contributed by atoms with Crippen LogP contribution in [0.3, 0.4) is 0 Å². The summed E-state index contributed by atoms with van der Waals surface area (Å²) >= 11 is 0. The van der Waals surface area contributed by atoms with Gasteiger partial charge in [0.15, 0.2) is 0 Å². The summed E-state index contributed by atoms with van der Waals surface area (Å²) < 4.78 is 5.72. The molecule has 0 saturated heterocycles. The van der Waals surface area contributed by atoms with E-state index in [0.29, 0.717) is 6.61 Å². The third-order valence-corrected chi connectivity index (χ3v) is 3.70. The zero-order valence-corrected chi connectivity index (χ0v) is 14.5. The van der Waals surface area contributed by atoms with E-state index in [0.717, 1.165) is 48.1 Å². The quantitative estimate of drug-likeness (QED) is 0.364. The Morgan fingerprint density at radius 2 is 1.42 bits per heavy atom. The molecular weight excluding hydrogens is 324 g/mol. The Morgan fingerprint density at radius 1 is 0.875 bits per heavy atom. The van der Waals surface area contributed by atoms with Gasteiger partial charge < -0.3 is 15.6 Å². The molecule has 0 radical (unpaired) electrons. The normalized spacial score (nSPS) is 10.0. The second kappa shape index (κ2) is 10.7. The summed E-state index contributed by atoms with van der Waals surface area (Å²) in [5, 5.41) is 16.1. The maximum atomic E-state index is 8.72. The second-order valence-electron chi connectivity index (χ2n) is 5.50. The van der Waals surface area contributed by atoms with E-state index >= 15 is 0 Å². The van der Waals surface area contributed by atoms with Gasteiger partial charge in [-0.1, -0.05) is 42.8 Å². The van der Waals surface area contributed by atoms with Crippen LogP contribution in [0.2, 0.25) is 0 Å². The van der Waals surface area contributed by atoms with E-state index < -0.39 is 0 Å². The Hall–Kier alpha value is -2.04. The van der Waals surface area contributed by atoms with Gasteiger partial charge in [-0.25, -0.2) is 0 Å². The van der Waals surface area contributed by atoms with Crippen LogP contribution in [0.4, 0.5) is 0 Å². The van der Waals surface area contributed by atoms with Crippen LogP contribution < -0.4 is 10.5 Å². The Bertz CT molecular complexity index is 612. The van der Waals surface area contributed by atoms with Gasteiger partial charge in [-0.2, -0.15) is 0 Å². The first kappa shape index (κ1) is 20.0. The molecule has 0 bridgehead atoms. The first-order valence-electron chi connectivity index (χ1n) is 7.99. The molecule has 0 atom stereocenters. The van der Waals surface area contributed by atoms with E-state index in [1.165, 1.54) is 0 Å². The highest BCUT2D eigenvalue weighted by atomic mass is 35.5. The van der Waals surface area contributed by atoms with Crippen molar-refractivity contribution in [2.45, 2.75) is 25.7 Å². The molecule has 0 amide bonds. The standard InChI is InChI=1S/C19H24N2O2.ClH/c20-19(21)17-7-5-15(6-8-17)16-9-11-18(12-10-16)23-14-4-2-1-3-13-22;/h5-12,22H,1-4,13-14H2,(H3,20,21);1H. The Balaban J connectivity index is 0.00000288. The number of rotatable bonds is 9. The van der Waals surface area contributed by atoms with Gasteiger partial charge in [-0.3, -0.25) is 5.41 Å². The van der Waals surface area contributed by atoms with Crippen LogP contribution in [0.5, 0.6) is 5.75 Å². The molecule has 0 aliphatic carbocycles. The minimum Gasteiger partial charge on any atom is -0.494 e. The highest BCUT2D eigenvalue weighted by Gasteiger charge is 2.01. The summed E-state index contributed by atoms with van der Waals surface area (Å²) in [6.07, 6.45) is 4.02. The van der Waals surface area contributed by atoms with E-state index in [1.807, 2.05) is 48.5 Å². The zero-order valence-electron chi connectivity index (χ0n) is 13.7. The molecule has 0 spiro atoms. The molecule has 0 fully saturated rings. The number of nitrogens with two attached hydrogens (primary N) is 1. The van der Waals surface area contributed by atoms with Crippen molar-refractivity contribution in [1.82, 2.24) is 0 Å². The predicted molar refractivity (Wildman–Crippen MR) is 101 cm³/mol. The highest BCUT2D eigenvalue weighted by Crippen LogP contribution is 2.23. The summed E-state index contributed by atoms with van der Waals surface area (Å²) in [5.74, 6) is 0.954. The average Bonchev–Trinajstić information content (AvgIpc) is 2.58. The highest BCUT2D eigenvalue weighted by molar-refractivity contribution is 5.95. The fourth-order valence-corrected chi connectivity index (χ4v) is 2.34. The lowest BCUT2D eigenvalue weighted by Crippen LogP contribution is -2.10. The van der Waals surface area contributed by atoms with Gasteiger partial charge in [0.2, 0.25) is 0 Å². The lowest BCUT2D eigenvalue weighted by atomic mass is 10.0. The van der Waals surface area contributed by atoms with Crippen molar-refractivity contribution in [1.29, 1.82) is 5.41 Å². The van der Waals surface area contributed by atoms with E-state index in [9.17, 15) is 0 Å². The van der Waals surface area contributed by atoms with Gasteiger partial charge in [-0.05, 0) is 42.5 Å². The number of amidine groups is 1. The molecule has 0 heterocycles. The number of ether oxygens (including phenoxy) is 1. The first-order chi connectivity index (χ1) is 11.2. The molecule has 2 aromatic rings. The minimum absolute atomic E-state index is 0. The van der Waals surface area contributed by atoms with Gasteiger partial charge in [0.05, 0.1) is 6.61 Å². The molecule has 4 nitrogen and oxygen atoms in total. The summed E-state index contributed by atoms with van der Waals surface area (Å²) in [5.41, 5.74) is 8.39. The number of hydrogen-bond donors (Lipinski definition) is 3. The summed E-state index contributed by atoms with van der Waals surface area (Å²) in [4.78, 5) is 0. The van der Waals surface area contributed by atoms with Crippen LogP contribution in [-0.2, 0) is 0 Å². The fourth-order valence-electron chi connectivity index (χ4n) is 2.34. The van der Waals surface area contributed by atoms with Gasteiger partial charge in [-0.15, -0.1) is 12.4 Å². The van der Waals surface area contributed by atoms with Crippen molar-refractivity contribution in [3.8, 4) is 16.9 Å². The number of benzene rings is 2. The van der Waals surface area contributed by atoms with Crippen molar-refractivity contribution in [2.24, 2.45) is 5.73 Å². The smallest absolute Gasteiger partial charge is 0.122 e. The molecule has 5 heteroatoms. The maximum absolute atomic E-state index is 8.72. The Labute approximate surface area is 149 Å². The third kappa shape index (κ3) is 6.22. The fraction of sp³-hybridized carbons (Fsp3) is 0.316. The molecule has 4 N–H and O–H groups in total. The molecule has 24 heavy (non-hydrogen) atoms. The van der Waals surface area contributed by atoms with Crippen LogP contribution in [0.25, 0.3) is 11.1 Å². The van der Waals surface area contributed by atoms with Crippen LogP contribution in [0.15, 0.2) is 48.5 Å². The average molecular weight is 349 g/mol. The van der Waals surface area contributed by atoms with E-state index in [4.69, 9.17) is 21.0 Å². The zero-order chi connectivity index (χ0) is 16.5. The molecule has 0 saturated carbocycles. The van der Waals surface area contributed by atoms with Crippen molar-refractivity contribution in [2.75, 3.05) is 13.2 Å². The maximum Gasteiger partial charge on any atom is 0.122 e. The molecule has 130 valence electrons. The molecule has 0 aliphatic rings. The van der Waals surface area contributed by atoms with Crippen LogP contribution in [0, 0.1) is 5.41 Å². The Kier molecular flexibility index (Phi) is 8.90. The topological polar surface area (TPSA) is 79.3 Å². The second-order valence-corrected chi connectivity index (χ2v) is 5.50. The lowest BCUT2D eigenvalue weighted by molar-refractivity contribution is 0.273. The van der Waals surface area contributed by atoms with Gasteiger partial charge >= 0.3 is 0 Å². The van der Waals surface area contributed by atoms with Gasteiger partial charge in [0.25, 0.3) is 0 Å². The van der Waals surface area contributed by atoms with Crippen molar-refractivity contribution in [3.05, 3.63) is 54.1 Å². The summed E-state index contributed by atoms with van der Waals surface area (Å²) in [7, 11) is 0. The van der Waals surface area contributed by atoms with E-state index in [2.05, 4.69) is 0 Å². The van der Waals surface area contributed by atoms with Crippen LogP contribution in [0.1, 0.15) is 31.2 Å². The molecular formula is C19H25ClN2O2. The van der Waals surface area contributed by atoms with Crippen molar-refractivity contribution < 1.29 is 9.84 Å². The van der Waals surface area contributed by atoms with Gasteiger partial charge in [0.1, 0.15) is 11.6 Å². The number of unbranched alkanes of at least 4 members (excludes halogenated alkanes) is 3. The SMILES string of the molecule is Cl.N=C(N)c1ccc(-c2ccc(OCCCCCCO)cc2)cc1. The summed E-state index contributed by atoms with van der Waals surface area (Å²) in [6, 6.07) is 15.7. The number of halogens is 1. The molecule has 0 unspecified atom stereocenters. The number of aliphatic hydroxyl groups is 1. The van der Waals surface area contributed by atoms with Crippen LogP contribution >= 0.6 is 12.4 Å². The monoisotopic (exact) mass is 348 g/mol. The summed E-state index contributed by atoms with van der Waals surface area (Å²) in [6.45, 7) is 0.980. The molecule has 2 aromatic carbocycles. The molecule has 2 rings (SSSR count). The number of nitrogen functional groups attached to an aromatic ring is 1. The minimum atomic E-state index is 0. The van der Waals surface area contributed by atoms with E-state index in [1.54, 1.807) is 0 Å². The van der Waals surface area contributed by atoms with Gasteiger partial charge in [0, 0.05) is 12.2 Å². The van der Waals surface area contributed by atoms with Crippen molar-refractivity contribution >= 4 is 18.2 Å². The largest absolute Gasteiger partial charge is 0.494 e.